The highest BCUT2D eigenvalue weighted by molar-refractivity contribution is 5.98. The predicted molar refractivity (Wildman–Crippen MR) is 98.7 cm³/mol. The van der Waals surface area contributed by atoms with E-state index >= 15 is 0 Å². The van der Waals surface area contributed by atoms with Gasteiger partial charge in [0, 0.05) is 0 Å². The van der Waals surface area contributed by atoms with E-state index in [0.717, 1.165) is 6.42 Å². The van der Waals surface area contributed by atoms with Crippen LogP contribution >= 0.6 is 0 Å². The average molecular weight is 357 g/mol. The normalized spacial score (nSPS) is 11.3. The molecule has 6 nitrogen and oxygen atoms in total. The maximum absolute atomic E-state index is 12.3. The van der Waals surface area contributed by atoms with E-state index in [1.165, 1.54) is 14.0 Å². The number of carbonyl (C=O) groups excluding carboxylic acids is 2. The van der Waals surface area contributed by atoms with Crippen LogP contribution in [0.25, 0.3) is 0 Å². The molecule has 0 unspecified atom stereocenters. The van der Waals surface area contributed by atoms with E-state index in [9.17, 15) is 9.59 Å². The van der Waals surface area contributed by atoms with Crippen molar-refractivity contribution in [3.63, 3.8) is 0 Å². The van der Waals surface area contributed by atoms with E-state index in [1.54, 1.807) is 48.5 Å². The summed E-state index contributed by atoms with van der Waals surface area (Å²) in [5, 5.41) is 2.69. The molecule has 2 aromatic rings. The van der Waals surface area contributed by atoms with Crippen molar-refractivity contribution in [3.8, 4) is 11.5 Å². The summed E-state index contributed by atoms with van der Waals surface area (Å²) in [7, 11) is 1.52. The topological polar surface area (TPSA) is 73.9 Å². The number of esters is 1. The second kappa shape index (κ2) is 9.46. The van der Waals surface area contributed by atoms with E-state index in [4.69, 9.17) is 14.2 Å². The molecule has 0 radical (unpaired) electrons. The van der Waals surface area contributed by atoms with Crippen LogP contribution in [0.2, 0.25) is 0 Å². The summed E-state index contributed by atoms with van der Waals surface area (Å²) in [6, 6.07) is 13.6. The number of rotatable bonds is 8. The number of para-hydroxylation sites is 2. The Morgan fingerprint density at radius 1 is 1.08 bits per heavy atom. The number of hydrogen-bond donors (Lipinski definition) is 1. The first-order chi connectivity index (χ1) is 12.5. The van der Waals surface area contributed by atoms with E-state index in [-0.39, 0.29) is 0 Å². The third-order valence-electron chi connectivity index (χ3n) is 3.58. The summed E-state index contributed by atoms with van der Waals surface area (Å²) in [5.41, 5.74) is 0.867. The third kappa shape index (κ3) is 5.24. The van der Waals surface area contributed by atoms with Gasteiger partial charge < -0.3 is 19.5 Å². The van der Waals surface area contributed by atoms with Gasteiger partial charge in [-0.05, 0) is 49.7 Å². The number of nitrogens with one attached hydrogen (secondary N) is 1. The van der Waals surface area contributed by atoms with Crippen LogP contribution in [0.1, 0.15) is 30.6 Å². The van der Waals surface area contributed by atoms with Gasteiger partial charge in [-0.3, -0.25) is 4.79 Å². The molecule has 26 heavy (non-hydrogen) atoms. The van der Waals surface area contributed by atoms with Crippen LogP contribution in [0.3, 0.4) is 0 Å². The molecule has 2 rings (SSSR count). The summed E-state index contributed by atoms with van der Waals surface area (Å²) in [5.74, 6) is 0.202. The van der Waals surface area contributed by atoms with Gasteiger partial charge in [0.05, 0.1) is 25.0 Å². The summed E-state index contributed by atoms with van der Waals surface area (Å²) >= 11 is 0. The number of carbonyl (C=O) groups is 2. The van der Waals surface area contributed by atoms with Gasteiger partial charge in [-0.15, -0.1) is 0 Å². The van der Waals surface area contributed by atoms with Gasteiger partial charge in [0.15, 0.2) is 6.10 Å². The molecule has 0 aliphatic carbocycles. The highest BCUT2D eigenvalue weighted by atomic mass is 16.5. The molecule has 6 heteroatoms. The van der Waals surface area contributed by atoms with Crippen LogP contribution in [0, 0.1) is 0 Å². The molecule has 1 amide bonds. The van der Waals surface area contributed by atoms with Crippen molar-refractivity contribution < 1.29 is 23.8 Å². The molecule has 0 bridgehead atoms. The van der Waals surface area contributed by atoms with Crippen molar-refractivity contribution in [2.75, 3.05) is 19.0 Å². The molecule has 0 saturated carbocycles. The molecule has 0 aliphatic heterocycles. The van der Waals surface area contributed by atoms with Gasteiger partial charge in [-0.2, -0.15) is 0 Å². The Bertz CT molecular complexity index is 742. The minimum atomic E-state index is -0.955. The number of benzene rings is 2. The first-order valence-corrected chi connectivity index (χ1v) is 8.43. The maximum atomic E-state index is 12.3. The van der Waals surface area contributed by atoms with Gasteiger partial charge in [-0.25, -0.2) is 4.79 Å². The predicted octanol–water partition coefficient (Wildman–Crippen LogP) is 3.67. The molecule has 0 aromatic heterocycles. The Morgan fingerprint density at radius 3 is 2.42 bits per heavy atom. The Hall–Kier alpha value is -3.02. The van der Waals surface area contributed by atoms with E-state index < -0.39 is 18.0 Å². The second-order valence-electron chi connectivity index (χ2n) is 5.61. The van der Waals surface area contributed by atoms with E-state index in [1.807, 2.05) is 6.92 Å². The van der Waals surface area contributed by atoms with E-state index in [2.05, 4.69) is 5.32 Å². The average Bonchev–Trinajstić information content (AvgIpc) is 2.67. The lowest BCUT2D eigenvalue weighted by Crippen LogP contribution is -2.30. The molecule has 1 atom stereocenters. The highest BCUT2D eigenvalue weighted by Gasteiger charge is 2.20. The fourth-order valence-corrected chi connectivity index (χ4v) is 2.17. The lowest BCUT2D eigenvalue weighted by Gasteiger charge is -2.15. The second-order valence-corrected chi connectivity index (χ2v) is 5.61. The fourth-order valence-electron chi connectivity index (χ4n) is 2.17. The zero-order valence-corrected chi connectivity index (χ0v) is 15.2. The Labute approximate surface area is 153 Å². The minimum absolute atomic E-state index is 0.353. The Kier molecular flexibility index (Phi) is 7.02. The van der Waals surface area contributed by atoms with Crippen molar-refractivity contribution in [2.45, 2.75) is 26.4 Å². The van der Waals surface area contributed by atoms with Crippen molar-refractivity contribution in [2.24, 2.45) is 0 Å². The highest BCUT2D eigenvalue weighted by Crippen LogP contribution is 2.23. The molecule has 0 heterocycles. The lowest BCUT2D eigenvalue weighted by molar-refractivity contribution is -0.123. The molecule has 2 aromatic carbocycles. The number of hydrogen-bond acceptors (Lipinski definition) is 5. The van der Waals surface area contributed by atoms with Crippen LogP contribution in [0.5, 0.6) is 11.5 Å². The van der Waals surface area contributed by atoms with Gasteiger partial charge in [-0.1, -0.05) is 19.1 Å². The smallest absolute Gasteiger partial charge is 0.338 e. The molecule has 0 spiro atoms. The maximum Gasteiger partial charge on any atom is 0.338 e. The third-order valence-corrected chi connectivity index (χ3v) is 3.58. The zero-order valence-electron chi connectivity index (χ0n) is 15.2. The number of amides is 1. The van der Waals surface area contributed by atoms with Gasteiger partial charge in [0.25, 0.3) is 5.91 Å². The number of ether oxygens (including phenoxy) is 3. The van der Waals surface area contributed by atoms with Gasteiger partial charge in [0.2, 0.25) is 0 Å². The quantitative estimate of drug-likeness (QED) is 0.730. The molecule has 0 fully saturated rings. The fraction of sp³-hybridized carbons (Fsp3) is 0.300. The molecular weight excluding hydrogens is 334 g/mol. The molecular formula is C20H23NO5. The standard InChI is InChI=1S/C20H23NO5/c1-4-13-25-16-11-9-15(10-12-16)20(23)26-14(2)19(22)21-17-7-5-6-8-18(17)24-3/h5-12,14H,4,13H2,1-3H3,(H,21,22)/t14-/m0/s1. The molecule has 138 valence electrons. The Morgan fingerprint density at radius 2 is 1.77 bits per heavy atom. The van der Waals surface area contributed by atoms with Gasteiger partial charge in [0.1, 0.15) is 11.5 Å². The van der Waals surface area contributed by atoms with Crippen molar-refractivity contribution in [1.29, 1.82) is 0 Å². The summed E-state index contributed by atoms with van der Waals surface area (Å²) in [6.45, 7) is 4.15. The van der Waals surface area contributed by atoms with Crippen molar-refractivity contribution in [3.05, 3.63) is 54.1 Å². The summed E-state index contributed by atoms with van der Waals surface area (Å²) in [6.07, 6.45) is -0.0498. The zero-order chi connectivity index (χ0) is 18.9. The monoisotopic (exact) mass is 357 g/mol. The van der Waals surface area contributed by atoms with Gasteiger partial charge >= 0.3 is 5.97 Å². The molecule has 0 saturated heterocycles. The lowest BCUT2D eigenvalue weighted by atomic mass is 10.2. The van der Waals surface area contributed by atoms with Crippen LogP contribution in [-0.2, 0) is 9.53 Å². The first-order valence-electron chi connectivity index (χ1n) is 8.43. The van der Waals surface area contributed by atoms with Crippen LogP contribution < -0.4 is 14.8 Å². The van der Waals surface area contributed by atoms with Crippen LogP contribution in [0.4, 0.5) is 5.69 Å². The van der Waals surface area contributed by atoms with E-state index in [0.29, 0.717) is 29.4 Å². The first kappa shape index (κ1) is 19.3. The van der Waals surface area contributed by atoms with Crippen LogP contribution in [0.15, 0.2) is 48.5 Å². The van der Waals surface area contributed by atoms with Crippen LogP contribution in [-0.4, -0.2) is 31.7 Å². The van der Waals surface area contributed by atoms with Crippen molar-refractivity contribution >= 4 is 17.6 Å². The summed E-state index contributed by atoms with van der Waals surface area (Å²) in [4.78, 5) is 24.4. The number of anilines is 1. The molecule has 1 N–H and O–H groups in total. The molecule has 0 aliphatic rings. The SMILES string of the molecule is CCCOc1ccc(C(=O)O[C@@H](C)C(=O)Nc2ccccc2OC)cc1. The number of methoxy groups -OCH3 is 1. The summed E-state index contributed by atoms with van der Waals surface area (Å²) < 4.78 is 15.9. The largest absolute Gasteiger partial charge is 0.495 e. The van der Waals surface area contributed by atoms with Crippen molar-refractivity contribution in [1.82, 2.24) is 0 Å². The minimum Gasteiger partial charge on any atom is -0.495 e. The Balaban J connectivity index is 1.94.